The van der Waals surface area contributed by atoms with Gasteiger partial charge in [0.15, 0.2) is 5.82 Å². The van der Waals surface area contributed by atoms with Crippen LogP contribution >= 0.6 is 0 Å². The molecule has 0 saturated carbocycles. The van der Waals surface area contributed by atoms with E-state index in [9.17, 15) is 13.2 Å². The first-order chi connectivity index (χ1) is 7.46. The molecule has 0 saturated heterocycles. The standard InChI is InChI=1S/C8H12F3N5/c1-2-16(5-8(9,10)11)7-4-13-3-6(14-7)15-12/h3-4H,2,5,12H2,1H3,(H,14,15). The molecular formula is C8H12F3N5. The largest absolute Gasteiger partial charge is 0.405 e. The Labute approximate surface area is 90.4 Å². The minimum absolute atomic E-state index is 0.135. The second-order valence-corrected chi connectivity index (χ2v) is 3.04. The van der Waals surface area contributed by atoms with Crippen LogP contribution in [0.2, 0.25) is 0 Å². The highest BCUT2D eigenvalue weighted by Crippen LogP contribution is 2.20. The molecule has 0 fully saturated rings. The van der Waals surface area contributed by atoms with E-state index in [1.807, 2.05) is 0 Å². The molecule has 0 aromatic carbocycles. The van der Waals surface area contributed by atoms with E-state index in [-0.39, 0.29) is 18.2 Å². The molecule has 5 nitrogen and oxygen atoms in total. The Morgan fingerprint density at radius 3 is 2.62 bits per heavy atom. The summed E-state index contributed by atoms with van der Waals surface area (Å²) in [6.45, 7) is 0.727. The molecule has 0 aliphatic heterocycles. The van der Waals surface area contributed by atoms with Crippen molar-refractivity contribution >= 4 is 11.6 Å². The van der Waals surface area contributed by atoms with Crippen molar-refractivity contribution in [3.8, 4) is 0 Å². The average Bonchev–Trinajstić information content (AvgIpc) is 2.25. The highest BCUT2D eigenvalue weighted by atomic mass is 19.4. The maximum absolute atomic E-state index is 12.2. The molecule has 1 rings (SSSR count). The Kier molecular flexibility index (Phi) is 3.88. The lowest BCUT2D eigenvalue weighted by atomic mass is 10.4. The zero-order chi connectivity index (χ0) is 12.2. The Balaban J connectivity index is 2.86. The predicted molar refractivity (Wildman–Crippen MR) is 53.8 cm³/mol. The van der Waals surface area contributed by atoms with E-state index in [0.29, 0.717) is 0 Å². The minimum Gasteiger partial charge on any atom is -0.346 e. The monoisotopic (exact) mass is 235 g/mol. The van der Waals surface area contributed by atoms with E-state index in [4.69, 9.17) is 5.84 Å². The maximum atomic E-state index is 12.2. The van der Waals surface area contributed by atoms with Crippen molar-refractivity contribution < 1.29 is 13.2 Å². The Morgan fingerprint density at radius 2 is 2.12 bits per heavy atom. The van der Waals surface area contributed by atoms with E-state index in [2.05, 4.69) is 15.4 Å². The lowest BCUT2D eigenvalue weighted by molar-refractivity contribution is -0.119. The van der Waals surface area contributed by atoms with Crippen molar-refractivity contribution in [2.45, 2.75) is 13.1 Å². The molecule has 1 aromatic heterocycles. The summed E-state index contributed by atoms with van der Waals surface area (Å²) < 4.78 is 36.7. The van der Waals surface area contributed by atoms with Gasteiger partial charge in [-0.2, -0.15) is 13.2 Å². The van der Waals surface area contributed by atoms with Gasteiger partial charge in [-0.25, -0.2) is 10.8 Å². The number of nitrogens with zero attached hydrogens (tertiary/aromatic N) is 3. The predicted octanol–water partition coefficient (Wildman–Crippen LogP) is 1.15. The highest BCUT2D eigenvalue weighted by molar-refractivity contribution is 5.43. The smallest absolute Gasteiger partial charge is 0.346 e. The number of alkyl halides is 3. The van der Waals surface area contributed by atoms with E-state index in [1.54, 1.807) is 6.92 Å². The molecule has 0 aliphatic rings. The van der Waals surface area contributed by atoms with E-state index >= 15 is 0 Å². The van der Waals surface area contributed by atoms with Gasteiger partial charge in [-0.05, 0) is 6.92 Å². The van der Waals surface area contributed by atoms with E-state index in [0.717, 1.165) is 4.90 Å². The van der Waals surface area contributed by atoms with Crippen LogP contribution in [0.15, 0.2) is 12.4 Å². The third kappa shape index (κ3) is 3.54. The topological polar surface area (TPSA) is 67.1 Å². The van der Waals surface area contributed by atoms with Gasteiger partial charge >= 0.3 is 6.18 Å². The van der Waals surface area contributed by atoms with Gasteiger partial charge in [-0.1, -0.05) is 0 Å². The molecule has 90 valence electrons. The first kappa shape index (κ1) is 12.5. The summed E-state index contributed by atoms with van der Waals surface area (Å²) in [6, 6.07) is 0. The summed E-state index contributed by atoms with van der Waals surface area (Å²) in [5.74, 6) is 5.45. The quantitative estimate of drug-likeness (QED) is 0.605. The maximum Gasteiger partial charge on any atom is 0.405 e. The number of rotatable bonds is 4. The van der Waals surface area contributed by atoms with Crippen molar-refractivity contribution in [3.05, 3.63) is 12.4 Å². The van der Waals surface area contributed by atoms with Crippen LogP contribution in [0.4, 0.5) is 24.8 Å². The number of hydrogen-bond acceptors (Lipinski definition) is 5. The van der Waals surface area contributed by atoms with Gasteiger partial charge in [-0.15, -0.1) is 0 Å². The molecule has 0 spiro atoms. The van der Waals surface area contributed by atoms with Crippen molar-refractivity contribution in [1.82, 2.24) is 9.97 Å². The van der Waals surface area contributed by atoms with Gasteiger partial charge in [-0.3, -0.25) is 4.98 Å². The van der Waals surface area contributed by atoms with Crippen molar-refractivity contribution in [2.24, 2.45) is 5.84 Å². The molecule has 0 unspecified atom stereocenters. The second-order valence-electron chi connectivity index (χ2n) is 3.04. The third-order valence-corrected chi connectivity index (χ3v) is 1.85. The Morgan fingerprint density at radius 1 is 1.44 bits per heavy atom. The lowest BCUT2D eigenvalue weighted by Gasteiger charge is -2.23. The van der Waals surface area contributed by atoms with Crippen LogP contribution in [0.5, 0.6) is 0 Å². The van der Waals surface area contributed by atoms with Crippen molar-refractivity contribution in [1.29, 1.82) is 0 Å². The number of aromatic nitrogens is 2. The van der Waals surface area contributed by atoms with Gasteiger partial charge in [0.05, 0.1) is 12.4 Å². The normalized spacial score (nSPS) is 11.3. The van der Waals surface area contributed by atoms with Gasteiger partial charge in [0.25, 0.3) is 0 Å². The molecule has 16 heavy (non-hydrogen) atoms. The number of halogens is 3. The summed E-state index contributed by atoms with van der Waals surface area (Å²) in [6.07, 6.45) is -1.69. The summed E-state index contributed by atoms with van der Waals surface area (Å²) >= 11 is 0. The van der Waals surface area contributed by atoms with Crippen LogP contribution in [-0.4, -0.2) is 29.2 Å². The fraction of sp³-hybridized carbons (Fsp3) is 0.500. The summed E-state index contributed by atoms with van der Waals surface area (Å²) in [4.78, 5) is 8.68. The molecule has 8 heteroatoms. The van der Waals surface area contributed by atoms with Crippen LogP contribution in [0.3, 0.4) is 0 Å². The molecule has 0 aliphatic carbocycles. The fourth-order valence-electron chi connectivity index (χ4n) is 1.15. The van der Waals surface area contributed by atoms with Gasteiger partial charge in [0.2, 0.25) is 0 Å². The summed E-state index contributed by atoms with van der Waals surface area (Å²) in [5, 5.41) is 0. The van der Waals surface area contributed by atoms with Crippen LogP contribution in [0.25, 0.3) is 0 Å². The number of anilines is 2. The molecule has 1 heterocycles. The molecule has 1 aromatic rings. The van der Waals surface area contributed by atoms with Crippen molar-refractivity contribution in [3.63, 3.8) is 0 Å². The van der Waals surface area contributed by atoms with Crippen molar-refractivity contribution in [2.75, 3.05) is 23.4 Å². The minimum atomic E-state index is -4.27. The van der Waals surface area contributed by atoms with Crippen LogP contribution in [0, 0.1) is 0 Å². The number of nitrogens with two attached hydrogens (primary N) is 1. The second kappa shape index (κ2) is 4.97. The molecule has 0 amide bonds. The fourth-order valence-corrected chi connectivity index (χ4v) is 1.15. The highest BCUT2D eigenvalue weighted by Gasteiger charge is 2.30. The molecule has 0 bridgehead atoms. The Hall–Kier alpha value is -1.57. The number of hydrogen-bond donors (Lipinski definition) is 2. The van der Waals surface area contributed by atoms with Gasteiger partial charge < -0.3 is 10.3 Å². The molecule has 3 N–H and O–H groups in total. The van der Waals surface area contributed by atoms with Crippen LogP contribution < -0.4 is 16.2 Å². The first-order valence-corrected chi connectivity index (χ1v) is 4.56. The summed E-state index contributed by atoms with van der Waals surface area (Å²) in [5.41, 5.74) is 2.23. The van der Waals surface area contributed by atoms with E-state index in [1.165, 1.54) is 12.4 Å². The Bertz CT molecular complexity index is 341. The van der Waals surface area contributed by atoms with Gasteiger partial charge in [0, 0.05) is 6.54 Å². The average molecular weight is 235 g/mol. The van der Waals surface area contributed by atoms with Crippen LogP contribution in [-0.2, 0) is 0 Å². The lowest BCUT2D eigenvalue weighted by Crippen LogP contribution is -2.34. The van der Waals surface area contributed by atoms with Gasteiger partial charge in [0.1, 0.15) is 12.4 Å². The number of nitrogen functional groups attached to an aromatic ring is 1. The number of nitrogens with one attached hydrogen (secondary N) is 1. The number of hydrazine groups is 1. The molecular weight excluding hydrogens is 223 g/mol. The summed E-state index contributed by atoms with van der Waals surface area (Å²) in [7, 11) is 0. The molecule has 0 atom stereocenters. The SMILES string of the molecule is CCN(CC(F)(F)F)c1cncc(NN)n1. The van der Waals surface area contributed by atoms with Crippen LogP contribution in [0.1, 0.15) is 6.92 Å². The van der Waals surface area contributed by atoms with E-state index < -0.39 is 12.7 Å². The zero-order valence-electron chi connectivity index (χ0n) is 8.62. The third-order valence-electron chi connectivity index (χ3n) is 1.85. The zero-order valence-corrected chi connectivity index (χ0v) is 8.62. The molecule has 0 radical (unpaired) electrons. The first-order valence-electron chi connectivity index (χ1n) is 4.56.